The smallest absolute Gasteiger partial charge is 0.211 e. The van der Waals surface area contributed by atoms with Gasteiger partial charge in [-0.1, -0.05) is 167 Å². The molecule has 5 rings (SSSR count). The molecule has 0 saturated heterocycles. The topological polar surface area (TPSA) is 65.8 Å². The van der Waals surface area contributed by atoms with E-state index in [4.69, 9.17) is 10.2 Å². The summed E-state index contributed by atoms with van der Waals surface area (Å²) < 4.78 is 1.66. The Morgan fingerprint density at radius 1 is 0.397 bits per heavy atom. The summed E-state index contributed by atoms with van der Waals surface area (Å²) in [7, 11) is 0. The summed E-state index contributed by atoms with van der Waals surface area (Å²) in [6.45, 7) is 18.7. The molecule has 1 heterocycles. The van der Waals surface area contributed by atoms with E-state index in [9.17, 15) is 5.53 Å². The quantitative estimate of drug-likeness (QED) is 0.0543. The maximum absolute atomic E-state index is 12.5. The molecule has 5 heteroatoms. The average Bonchev–Trinajstić information content (AvgIpc) is 3.58. The van der Waals surface area contributed by atoms with E-state index in [0.717, 1.165) is 112 Å². The molecule has 0 spiro atoms. The van der Waals surface area contributed by atoms with Gasteiger partial charge >= 0.3 is 0 Å². The summed E-state index contributed by atoms with van der Waals surface area (Å²) in [6, 6.07) is 28.9. The Bertz CT molecular complexity index is 1770. The van der Waals surface area contributed by atoms with Crippen LogP contribution in [0, 0.1) is 0 Å². The Kier molecular flexibility index (Phi) is 28.3. The van der Waals surface area contributed by atoms with Crippen LogP contribution in [0.3, 0.4) is 0 Å². The van der Waals surface area contributed by atoms with Crippen molar-refractivity contribution in [3.05, 3.63) is 157 Å². The average molecular weight is 900 g/mol. The van der Waals surface area contributed by atoms with Gasteiger partial charge in [-0.3, -0.25) is 0 Å². The number of aliphatic hydroxyl groups excluding tert-OH is 2. The van der Waals surface area contributed by atoms with Crippen LogP contribution in [-0.2, 0) is 68.2 Å². The summed E-state index contributed by atoms with van der Waals surface area (Å²) in [6.07, 6.45) is 22.9. The van der Waals surface area contributed by atoms with Crippen LogP contribution in [0.15, 0.2) is 96.1 Å². The molecule has 0 radical (unpaired) electrons. The number of hydrogen-bond acceptors (Lipinski definition) is 2. The number of hydrogen-bond donors (Lipinski definition) is 2. The Balaban J connectivity index is 0.000000664. The number of allylic oxidation sites excluding steroid dienone is 2. The van der Waals surface area contributed by atoms with Gasteiger partial charge in [-0.05, 0) is 146 Å². The van der Waals surface area contributed by atoms with Crippen molar-refractivity contribution >= 4 is 11.4 Å². The predicted molar refractivity (Wildman–Crippen MR) is 267 cm³/mol. The predicted octanol–water partition coefficient (Wildman–Crippen LogP) is 16.1. The zero-order valence-electron chi connectivity index (χ0n) is 40.7. The minimum absolute atomic E-state index is 0. The molecule has 4 aromatic rings. The fraction of sp³-hybridized carbons (Fsp3) is 0.517. The molecule has 0 saturated carbocycles. The first-order chi connectivity index (χ1) is 30.3. The Morgan fingerprint density at radius 3 is 0.921 bits per heavy atom. The van der Waals surface area contributed by atoms with E-state index in [1.807, 2.05) is 60.7 Å². The first kappa shape index (κ1) is 55.5. The number of aryl methyl sites for hydroxylation is 4. The van der Waals surface area contributed by atoms with Crippen molar-refractivity contribution in [1.29, 1.82) is 0 Å². The van der Waals surface area contributed by atoms with Crippen LogP contribution in [0.5, 0.6) is 0 Å². The monoisotopic (exact) mass is 899 g/mol. The molecule has 0 aliphatic carbocycles. The molecule has 4 nitrogen and oxygen atoms in total. The molecular weight excluding hydrogens is 815 g/mol. The first-order valence-corrected chi connectivity index (χ1v) is 24.9. The molecule has 348 valence electrons. The zero-order valence-corrected chi connectivity index (χ0v) is 41.7. The van der Waals surface area contributed by atoms with E-state index in [-0.39, 0.29) is 29.7 Å². The molecule has 0 aromatic heterocycles. The van der Waals surface area contributed by atoms with E-state index in [2.05, 4.69) is 79.7 Å². The van der Waals surface area contributed by atoms with Gasteiger partial charge in [-0.2, -0.15) is 0 Å². The van der Waals surface area contributed by atoms with Gasteiger partial charge < -0.3 is 15.7 Å². The van der Waals surface area contributed by atoms with E-state index in [1.165, 1.54) is 83.1 Å². The number of nitrogens with zero attached hydrogens (tertiary/aromatic N) is 2. The van der Waals surface area contributed by atoms with Crippen LogP contribution in [0.4, 0.5) is 0 Å². The van der Waals surface area contributed by atoms with E-state index < -0.39 is 0 Å². The second-order valence-electron chi connectivity index (χ2n) is 17.2. The summed E-state index contributed by atoms with van der Waals surface area (Å²) >= 11 is 0. The van der Waals surface area contributed by atoms with Crippen LogP contribution in [0.25, 0.3) is 16.9 Å². The summed E-state index contributed by atoms with van der Waals surface area (Å²) in [5, 5.41) is 17.1. The number of unbranched alkanes of at least 4 members (excludes halogenated alkanes) is 4. The molecule has 4 aromatic carbocycles. The summed E-state index contributed by atoms with van der Waals surface area (Å²) in [5.74, 6) is 0. The van der Waals surface area contributed by atoms with Gasteiger partial charge in [0.05, 0.1) is 13.2 Å². The molecule has 0 fully saturated rings. The van der Waals surface area contributed by atoms with Gasteiger partial charge in [-0.15, -0.1) is 0 Å². The van der Waals surface area contributed by atoms with Crippen molar-refractivity contribution in [3.8, 4) is 0 Å². The normalized spacial score (nSPS) is 12.2. The summed E-state index contributed by atoms with van der Waals surface area (Å²) in [4.78, 5) is 0. The van der Waals surface area contributed by atoms with Crippen LogP contribution >= 0.6 is 0 Å². The fourth-order valence-corrected chi connectivity index (χ4v) is 8.85. The molecule has 0 amide bonds. The van der Waals surface area contributed by atoms with Crippen LogP contribution < -0.4 is 0 Å². The maximum Gasteiger partial charge on any atom is 0.211 e. The SMILES string of the molecule is CCCCC1=C(c2cc(CCC)c(CCCC)c(CCC)c2)[N+](=[N-])C(c2cc(CCC)c(CCCC)c(CCC)c2)=C1CCCC.OCc1ccccc1.OCc1ccccc1.[Ni]. The third kappa shape index (κ3) is 17.0. The van der Waals surface area contributed by atoms with Crippen molar-refractivity contribution in [2.75, 3.05) is 0 Å². The van der Waals surface area contributed by atoms with Gasteiger partial charge in [0.2, 0.25) is 11.4 Å². The van der Waals surface area contributed by atoms with E-state index >= 15 is 0 Å². The van der Waals surface area contributed by atoms with Gasteiger partial charge in [0.15, 0.2) is 0 Å². The van der Waals surface area contributed by atoms with Crippen LogP contribution in [0.1, 0.15) is 201 Å². The Morgan fingerprint density at radius 2 is 0.683 bits per heavy atom. The van der Waals surface area contributed by atoms with Gasteiger partial charge in [0.1, 0.15) is 0 Å². The van der Waals surface area contributed by atoms with Crippen molar-refractivity contribution in [3.63, 3.8) is 0 Å². The number of benzene rings is 4. The first-order valence-electron chi connectivity index (χ1n) is 24.9. The molecule has 0 bridgehead atoms. The zero-order chi connectivity index (χ0) is 45.1. The molecule has 63 heavy (non-hydrogen) atoms. The Labute approximate surface area is 395 Å². The molecule has 1 aliphatic heterocycles. The number of aliphatic hydroxyl groups is 2. The van der Waals surface area contributed by atoms with Crippen molar-refractivity contribution in [2.45, 2.75) is 197 Å². The Hall–Kier alpha value is -3.63. The largest absolute Gasteiger partial charge is 0.493 e. The van der Waals surface area contributed by atoms with E-state index in [0.29, 0.717) is 0 Å². The van der Waals surface area contributed by atoms with E-state index in [1.54, 1.807) is 15.8 Å². The minimum atomic E-state index is 0. The molecular formula is C58H84N2NiO2. The van der Waals surface area contributed by atoms with Crippen LogP contribution in [-0.4, -0.2) is 14.9 Å². The van der Waals surface area contributed by atoms with Crippen molar-refractivity contribution < 1.29 is 31.4 Å². The molecule has 0 atom stereocenters. The second kappa shape index (κ2) is 32.1. The number of rotatable bonds is 24. The third-order valence-electron chi connectivity index (χ3n) is 12.0. The van der Waals surface area contributed by atoms with Gasteiger partial charge in [-0.25, -0.2) is 4.70 Å². The van der Waals surface area contributed by atoms with Gasteiger partial charge in [0, 0.05) is 38.8 Å². The molecule has 1 aliphatic rings. The van der Waals surface area contributed by atoms with Gasteiger partial charge in [0.25, 0.3) is 0 Å². The molecule has 2 N–H and O–H groups in total. The van der Waals surface area contributed by atoms with Crippen LogP contribution in [0.2, 0.25) is 0 Å². The second-order valence-corrected chi connectivity index (χ2v) is 17.2. The van der Waals surface area contributed by atoms with Crippen molar-refractivity contribution in [2.24, 2.45) is 0 Å². The van der Waals surface area contributed by atoms with Crippen molar-refractivity contribution in [1.82, 2.24) is 0 Å². The third-order valence-corrected chi connectivity index (χ3v) is 12.0. The maximum atomic E-state index is 12.5. The fourth-order valence-electron chi connectivity index (χ4n) is 8.85. The summed E-state index contributed by atoms with van der Waals surface area (Å²) in [5.41, 5.74) is 31.0. The standard InChI is InChI=1S/C44H68N2.2C7H8O.Ni/c1-9-17-25-39-33(21-13-5)29-37(30-34(39)22-14-6)43-41(27-19-11-3)42(28-20-12-4)44(46(43)45)38-31-35(23-15-7)40(26-18-10-2)36(32-38)24-16-8;2*8-6-7-4-2-1-3-5-7;/h29-32H,9-28H2,1-8H3;2*1-5,8H,6H2;. The molecule has 0 unspecified atom stereocenters. The minimum Gasteiger partial charge on any atom is -0.493 e.